The Hall–Kier alpha value is -1.29. The predicted molar refractivity (Wildman–Crippen MR) is 54.2 cm³/mol. The number of amides is 2. The summed E-state index contributed by atoms with van der Waals surface area (Å²) in [5.74, 6) is -0.402. The number of rotatable bonds is 1. The molecule has 76 valence electrons. The topological polar surface area (TPSA) is 41.1 Å². The van der Waals surface area contributed by atoms with E-state index < -0.39 is 11.8 Å². The van der Waals surface area contributed by atoms with E-state index in [0.29, 0.717) is 10.6 Å². The van der Waals surface area contributed by atoms with Crippen molar-refractivity contribution in [2.75, 3.05) is 12.4 Å². The van der Waals surface area contributed by atoms with E-state index in [1.807, 2.05) is 0 Å². The van der Waals surface area contributed by atoms with Crippen LogP contribution in [0.25, 0.3) is 0 Å². The van der Waals surface area contributed by atoms with Crippen LogP contribution in [-0.2, 0) is 0 Å². The molecule has 0 bridgehead atoms. The fraction of sp³-hybridized carbons (Fsp3) is 0.222. The normalized spacial score (nSPS) is 9.71. The van der Waals surface area contributed by atoms with E-state index in [-0.39, 0.29) is 5.69 Å². The van der Waals surface area contributed by atoms with E-state index >= 15 is 0 Å². The molecule has 1 aromatic carbocycles. The van der Waals surface area contributed by atoms with Gasteiger partial charge in [-0.25, -0.2) is 9.18 Å². The first-order chi connectivity index (χ1) is 6.54. The molecule has 2 amide bonds. The highest BCUT2D eigenvalue weighted by Gasteiger charge is 2.07. The van der Waals surface area contributed by atoms with Gasteiger partial charge in [0.05, 0.1) is 10.7 Å². The Kier molecular flexibility index (Phi) is 3.30. The van der Waals surface area contributed by atoms with Gasteiger partial charge in [0, 0.05) is 7.05 Å². The number of anilines is 1. The van der Waals surface area contributed by atoms with Crippen molar-refractivity contribution >= 4 is 23.3 Å². The van der Waals surface area contributed by atoms with E-state index in [0.717, 1.165) is 0 Å². The van der Waals surface area contributed by atoms with Gasteiger partial charge in [-0.3, -0.25) is 0 Å². The number of benzene rings is 1. The van der Waals surface area contributed by atoms with Gasteiger partial charge in [0.2, 0.25) is 0 Å². The second-order valence-corrected chi connectivity index (χ2v) is 3.19. The number of carbonyl (C=O) groups excluding carboxylic acids is 1. The van der Waals surface area contributed by atoms with Gasteiger partial charge in [0.15, 0.2) is 0 Å². The maximum absolute atomic E-state index is 13.1. The molecule has 0 fully saturated rings. The van der Waals surface area contributed by atoms with Gasteiger partial charge in [-0.1, -0.05) is 11.6 Å². The molecule has 0 aromatic heterocycles. The molecule has 1 rings (SSSR count). The van der Waals surface area contributed by atoms with Crippen LogP contribution in [0.15, 0.2) is 12.1 Å². The van der Waals surface area contributed by atoms with Crippen LogP contribution < -0.4 is 10.6 Å². The van der Waals surface area contributed by atoms with Crippen LogP contribution in [0.1, 0.15) is 5.56 Å². The number of hydrogen-bond donors (Lipinski definition) is 2. The molecule has 2 N–H and O–H groups in total. The van der Waals surface area contributed by atoms with Crippen LogP contribution in [0.3, 0.4) is 0 Å². The molecule has 3 nitrogen and oxygen atoms in total. The number of halogens is 2. The molecule has 0 aliphatic rings. The third-order valence-electron chi connectivity index (χ3n) is 1.72. The highest BCUT2D eigenvalue weighted by Crippen LogP contribution is 2.24. The Morgan fingerprint density at radius 1 is 1.50 bits per heavy atom. The summed E-state index contributed by atoms with van der Waals surface area (Å²) in [5, 5.41) is 5.06. The van der Waals surface area contributed by atoms with Gasteiger partial charge in [0.25, 0.3) is 0 Å². The maximum atomic E-state index is 13.1. The second kappa shape index (κ2) is 4.28. The molecule has 0 saturated carbocycles. The average Bonchev–Trinajstić information content (AvgIpc) is 2.14. The van der Waals surface area contributed by atoms with Crippen LogP contribution in [0.2, 0.25) is 5.02 Å². The van der Waals surface area contributed by atoms with Gasteiger partial charge in [-0.2, -0.15) is 0 Å². The summed E-state index contributed by atoms with van der Waals surface area (Å²) >= 11 is 5.79. The molecule has 0 atom stereocenters. The lowest BCUT2D eigenvalue weighted by atomic mass is 10.2. The summed E-state index contributed by atoms with van der Waals surface area (Å²) in [6, 6.07) is 2.21. The van der Waals surface area contributed by atoms with Crippen molar-refractivity contribution in [3.8, 4) is 0 Å². The highest BCUT2D eigenvalue weighted by molar-refractivity contribution is 6.33. The zero-order chi connectivity index (χ0) is 10.7. The summed E-state index contributed by atoms with van der Waals surface area (Å²) < 4.78 is 13.1. The molecule has 0 unspecified atom stereocenters. The van der Waals surface area contributed by atoms with Crippen LogP contribution in [0.5, 0.6) is 0 Å². The molecule has 0 heterocycles. The van der Waals surface area contributed by atoms with Crippen molar-refractivity contribution in [3.63, 3.8) is 0 Å². The van der Waals surface area contributed by atoms with E-state index in [2.05, 4.69) is 10.6 Å². The second-order valence-electron chi connectivity index (χ2n) is 2.79. The fourth-order valence-electron chi connectivity index (χ4n) is 0.927. The SMILES string of the molecule is CNC(=O)Nc1cc(F)c(C)cc1Cl. The first-order valence-corrected chi connectivity index (χ1v) is 4.36. The highest BCUT2D eigenvalue weighted by atomic mass is 35.5. The summed E-state index contributed by atoms with van der Waals surface area (Å²) in [4.78, 5) is 10.9. The first kappa shape index (κ1) is 10.8. The number of aryl methyl sites for hydroxylation is 1. The van der Waals surface area contributed by atoms with Gasteiger partial charge >= 0.3 is 6.03 Å². The first-order valence-electron chi connectivity index (χ1n) is 3.99. The molecule has 0 radical (unpaired) electrons. The van der Waals surface area contributed by atoms with E-state index in [1.54, 1.807) is 6.92 Å². The molecular weight excluding hydrogens is 207 g/mol. The van der Waals surface area contributed by atoms with Crippen molar-refractivity contribution in [2.45, 2.75) is 6.92 Å². The molecular formula is C9H10ClFN2O. The summed E-state index contributed by atoms with van der Waals surface area (Å²) in [6.07, 6.45) is 0. The molecule has 0 aliphatic heterocycles. The van der Waals surface area contributed by atoms with Crippen LogP contribution in [0.4, 0.5) is 14.9 Å². The smallest absolute Gasteiger partial charge is 0.319 e. The molecule has 1 aromatic rings. The predicted octanol–water partition coefficient (Wildman–Crippen LogP) is 2.54. The Morgan fingerprint density at radius 2 is 2.14 bits per heavy atom. The van der Waals surface area contributed by atoms with Crippen molar-refractivity contribution < 1.29 is 9.18 Å². The van der Waals surface area contributed by atoms with Gasteiger partial charge in [0.1, 0.15) is 5.82 Å². The average molecular weight is 217 g/mol. The largest absolute Gasteiger partial charge is 0.341 e. The number of carbonyl (C=O) groups is 1. The van der Waals surface area contributed by atoms with E-state index in [1.165, 1.54) is 19.2 Å². The van der Waals surface area contributed by atoms with Crippen molar-refractivity contribution in [3.05, 3.63) is 28.5 Å². The van der Waals surface area contributed by atoms with Crippen molar-refractivity contribution in [1.82, 2.24) is 5.32 Å². The summed E-state index contributed by atoms with van der Waals surface area (Å²) in [7, 11) is 1.47. The van der Waals surface area contributed by atoms with E-state index in [9.17, 15) is 9.18 Å². The Bertz CT molecular complexity index is 368. The zero-order valence-electron chi connectivity index (χ0n) is 7.82. The van der Waals surface area contributed by atoms with Gasteiger partial charge < -0.3 is 10.6 Å². The number of nitrogens with one attached hydrogen (secondary N) is 2. The minimum Gasteiger partial charge on any atom is -0.341 e. The lowest BCUT2D eigenvalue weighted by Crippen LogP contribution is -2.24. The number of hydrogen-bond acceptors (Lipinski definition) is 1. The van der Waals surface area contributed by atoms with Crippen molar-refractivity contribution in [2.24, 2.45) is 0 Å². The molecule has 14 heavy (non-hydrogen) atoms. The molecule has 0 aliphatic carbocycles. The monoisotopic (exact) mass is 216 g/mol. The quantitative estimate of drug-likeness (QED) is 0.744. The van der Waals surface area contributed by atoms with Crippen LogP contribution in [0, 0.1) is 12.7 Å². The van der Waals surface area contributed by atoms with Crippen LogP contribution in [-0.4, -0.2) is 13.1 Å². The summed E-state index contributed by atoms with van der Waals surface area (Å²) in [6.45, 7) is 1.60. The Morgan fingerprint density at radius 3 is 2.71 bits per heavy atom. The molecule has 0 saturated heterocycles. The lowest BCUT2D eigenvalue weighted by Gasteiger charge is -2.07. The summed E-state index contributed by atoms with van der Waals surface area (Å²) in [5.41, 5.74) is 0.701. The zero-order valence-corrected chi connectivity index (χ0v) is 8.57. The van der Waals surface area contributed by atoms with Gasteiger partial charge in [-0.15, -0.1) is 0 Å². The third-order valence-corrected chi connectivity index (χ3v) is 2.04. The molecule has 5 heteroatoms. The lowest BCUT2D eigenvalue weighted by molar-refractivity contribution is 0.254. The molecule has 0 spiro atoms. The fourth-order valence-corrected chi connectivity index (χ4v) is 1.19. The third kappa shape index (κ3) is 2.35. The minimum atomic E-state index is -0.435. The van der Waals surface area contributed by atoms with Gasteiger partial charge in [-0.05, 0) is 24.6 Å². The number of urea groups is 1. The van der Waals surface area contributed by atoms with Crippen molar-refractivity contribution in [1.29, 1.82) is 0 Å². The Labute approximate surface area is 86.3 Å². The maximum Gasteiger partial charge on any atom is 0.319 e. The van der Waals surface area contributed by atoms with E-state index in [4.69, 9.17) is 11.6 Å². The Balaban J connectivity index is 2.98. The minimum absolute atomic E-state index is 0.258. The standard InChI is InChI=1S/C9H10ClFN2O/c1-5-3-6(10)8(4-7(5)11)13-9(14)12-2/h3-4H,1-2H3,(H2,12,13,14). The van der Waals surface area contributed by atoms with Crippen LogP contribution >= 0.6 is 11.6 Å².